The Balaban J connectivity index is 2.59. The van der Waals surface area contributed by atoms with Gasteiger partial charge in [-0.2, -0.15) is 4.98 Å². The smallest absolute Gasteiger partial charge is 0.222 e. The molecule has 4 nitrogen and oxygen atoms in total. The maximum atomic E-state index is 5.70. The van der Waals surface area contributed by atoms with Crippen LogP contribution in [0.15, 0.2) is 24.3 Å². The molecule has 0 unspecified atom stereocenters. The number of anilines is 2. The lowest BCUT2D eigenvalue weighted by molar-refractivity contribution is 1.17. The van der Waals surface area contributed by atoms with E-state index in [0.717, 1.165) is 17.1 Å². The Hall–Kier alpha value is -2.10. The van der Waals surface area contributed by atoms with Gasteiger partial charge in [-0.3, -0.25) is 0 Å². The molecule has 0 saturated carbocycles. The van der Waals surface area contributed by atoms with Gasteiger partial charge in [0.15, 0.2) is 0 Å². The molecule has 0 aliphatic carbocycles. The van der Waals surface area contributed by atoms with Gasteiger partial charge in [-0.15, -0.1) is 0 Å². The fourth-order valence-corrected chi connectivity index (χ4v) is 1.74. The van der Waals surface area contributed by atoms with Crippen molar-refractivity contribution >= 4 is 11.8 Å². The fourth-order valence-electron chi connectivity index (χ4n) is 1.74. The van der Waals surface area contributed by atoms with E-state index in [1.54, 1.807) is 0 Å². The van der Waals surface area contributed by atoms with Crippen LogP contribution >= 0.6 is 0 Å². The third-order valence-corrected chi connectivity index (χ3v) is 2.67. The van der Waals surface area contributed by atoms with Crippen LogP contribution in [0.2, 0.25) is 0 Å². The summed E-state index contributed by atoms with van der Waals surface area (Å²) < 4.78 is 0. The summed E-state index contributed by atoms with van der Waals surface area (Å²) in [4.78, 5) is 8.37. The van der Waals surface area contributed by atoms with Crippen molar-refractivity contribution < 1.29 is 0 Å². The summed E-state index contributed by atoms with van der Waals surface area (Å²) in [7, 11) is 1.81. The molecule has 1 heterocycles. The van der Waals surface area contributed by atoms with Crippen molar-refractivity contribution in [3.63, 3.8) is 0 Å². The molecule has 0 amide bonds. The second-order valence-electron chi connectivity index (χ2n) is 4.06. The van der Waals surface area contributed by atoms with Crippen LogP contribution in [0.1, 0.15) is 11.1 Å². The molecule has 0 aliphatic rings. The van der Waals surface area contributed by atoms with E-state index in [1.165, 1.54) is 11.1 Å². The Morgan fingerprint density at radius 1 is 1.12 bits per heavy atom. The van der Waals surface area contributed by atoms with Gasteiger partial charge in [0, 0.05) is 18.7 Å². The molecule has 17 heavy (non-hydrogen) atoms. The Labute approximate surface area is 101 Å². The zero-order valence-corrected chi connectivity index (χ0v) is 10.3. The van der Waals surface area contributed by atoms with Gasteiger partial charge in [0.25, 0.3) is 0 Å². The molecule has 1 aromatic carbocycles. The van der Waals surface area contributed by atoms with Crippen LogP contribution in [0.5, 0.6) is 0 Å². The summed E-state index contributed by atoms with van der Waals surface area (Å²) in [6, 6.07) is 8.18. The van der Waals surface area contributed by atoms with Gasteiger partial charge in [0.1, 0.15) is 5.82 Å². The maximum Gasteiger partial charge on any atom is 0.222 e. The van der Waals surface area contributed by atoms with Crippen LogP contribution in [0.3, 0.4) is 0 Å². The van der Waals surface area contributed by atoms with Crippen molar-refractivity contribution in [2.75, 3.05) is 18.1 Å². The standard InChI is InChI=1S/C13H16N4/c1-8-4-5-9(2)10(6-8)11-7-12(15-3)17-13(14)16-11/h4-7H,1-3H3,(H3,14,15,16,17). The number of aryl methyl sites for hydroxylation is 2. The van der Waals surface area contributed by atoms with E-state index in [4.69, 9.17) is 5.73 Å². The highest BCUT2D eigenvalue weighted by Gasteiger charge is 2.07. The van der Waals surface area contributed by atoms with E-state index in [1.807, 2.05) is 13.1 Å². The van der Waals surface area contributed by atoms with Gasteiger partial charge in [-0.1, -0.05) is 17.7 Å². The maximum absolute atomic E-state index is 5.70. The lowest BCUT2D eigenvalue weighted by Gasteiger charge is -2.09. The molecule has 0 fully saturated rings. The van der Waals surface area contributed by atoms with E-state index in [0.29, 0.717) is 0 Å². The number of nitrogens with zero attached hydrogens (tertiary/aromatic N) is 2. The zero-order valence-electron chi connectivity index (χ0n) is 10.3. The van der Waals surface area contributed by atoms with Crippen LogP contribution in [-0.2, 0) is 0 Å². The number of nitrogen functional groups attached to an aromatic ring is 1. The molecular formula is C13H16N4. The summed E-state index contributed by atoms with van der Waals surface area (Å²) >= 11 is 0. The minimum atomic E-state index is 0.285. The first-order valence-corrected chi connectivity index (χ1v) is 5.50. The quantitative estimate of drug-likeness (QED) is 0.828. The molecule has 0 bridgehead atoms. The molecule has 1 aromatic heterocycles. The summed E-state index contributed by atoms with van der Waals surface area (Å²) in [5, 5.41) is 2.98. The summed E-state index contributed by atoms with van der Waals surface area (Å²) in [6.07, 6.45) is 0. The second kappa shape index (κ2) is 4.41. The topological polar surface area (TPSA) is 63.8 Å². The highest BCUT2D eigenvalue weighted by atomic mass is 15.1. The number of hydrogen-bond donors (Lipinski definition) is 2. The van der Waals surface area contributed by atoms with Gasteiger partial charge in [0.05, 0.1) is 5.69 Å². The first-order valence-electron chi connectivity index (χ1n) is 5.50. The second-order valence-corrected chi connectivity index (χ2v) is 4.06. The average Bonchev–Trinajstić information content (AvgIpc) is 2.31. The summed E-state index contributed by atoms with van der Waals surface area (Å²) in [5.41, 5.74) is 10.0. The molecule has 0 atom stereocenters. The van der Waals surface area contributed by atoms with E-state index >= 15 is 0 Å². The van der Waals surface area contributed by atoms with Crippen LogP contribution in [0, 0.1) is 13.8 Å². The molecule has 2 rings (SSSR count). The normalized spacial score (nSPS) is 10.3. The Kier molecular flexibility index (Phi) is 2.95. The largest absolute Gasteiger partial charge is 0.373 e. The van der Waals surface area contributed by atoms with Crippen LogP contribution in [0.4, 0.5) is 11.8 Å². The molecule has 0 radical (unpaired) electrons. The molecule has 88 valence electrons. The number of rotatable bonds is 2. The average molecular weight is 228 g/mol. The van der Waals surface area contributed by atoms with Crippen molar-refractivity contribution in [1.82, 2.24) is 9.97 Å². The number of nitrogens with one attached hydrogen (secondary N) is 1. The number of hydrogen-bond acceptors (Lipinski definition) is 4. The molecular weight excluding hydrogens is 212 g/mol. The summed E-state index contributed by atoms with van der Waals surface area (Å²) in [5.74, 6) is 1.01. The predicted molar refractivity (Wildman–Crippen MR) is 70.9 cm³/mol. The van der Waals surface area contributed by atoms with Crippen LogP contribution < -0.4 is 11.1 Å². The van der Waals surface area contributed by atoms with Gasteiger partial charge in [0.2, 0.25) is 5.95 Å². The van der Waals surface area contributed by atoms with Crippen molar-refractivity contribution in [2.24, 2.45) is 0 Å². The third kappa shape index (κ3) is 2.36. The third-order valence-electron chi connectivity index (χ3n) is 2.67. The molecule has 2 aromatic rings. The van der Waals surface area contributed by atoms with E-state index in [9.17, 15) is 0 Å². The first kappa shape index (κ1) is 11.4. The van der Waals surface area contributed by atoms with Gasteiger partial charge in [-0.25, -0.2) is 4.98 Å². The Bertz CT molecular complexity index is 549. The lowest BCUT2D eigenvalue weighted by Crippen LogP contribution is -2.01. The minimum absolute atomic E-state index is 0.285. The monoisotopic (exact) mass is 228 g/mol. The molecule has 4 heteroatoms. The highest BCUT2D eigenvalue weighted by Crippen LogP contribution is 2.24. The molecule has 0 saturated heterocycles. The minimum Gasteiger partial charge on any atom is -0.373 e. The van der Waals surface area contributed by atoms with Gasteiger partial charge < -0.3 is 11.1 Å². The van der Waals surface area contributed by atoms with Gasteiger partial charge >= 0.3 is 0 Å². The van der Waals surface area contributed by atoms with Crippen molar-refractivity contribution in [3.8, 4) is 11.3 Å². The molecule has 3 N–H and O–H groups in total. The number of benzene rings is 1. The van der Waals surface area contributed by atoms with Crippen LogP contribution in [-0.4, -0.2) is 17.0 Å². The number of aromatic nitrogens is 2. The van der Waals surface area contributed by atoms with E-state index in [-0.39, 0.29) is 5.95 Å². The zero-order chi connectivity index (χ0) is 12.4. The SMILES string of the molecule is CNc1cc(-c2cc(C)ccc2C)nc(N)n1. The van der Waals surface area contributed by atoms with Gasteiger partial charge in [-0.05, 0) is 25.5 Å². The van der Waals surface area contributed by atoms with Crippen molar-refractivity contribution in [2.45, 2.75) is 13.8 Å². The fraction of sp³-hybridized carbons (Fsp3) is 0.231. The predicted octanol–water partition coefficient (Wildman–Crippen LogP) is 2.38. The Morgan fingerprint density at radius 3 is 2.59 bits per heavy atom. The van der Waals surface area contributed by atoms with Crippen molar-refractivity contribution in [1.29, 1.82) is 0 Å². The lowest BCUT2D eigenvalue weighted by atomic mass is 10.0. The van der Waals surface area contributed by atoms with Crippen molar-refractivity contribution in [3.05, 3.63) is 35.4 Å². The molecule has 0 spiro atoms. The number of nitrogens with two attached hydrogens (primary N) is 1. The Morgan fingerprint density at radius 2 is 1.88 bits per heavy atom. The first-order chi connectivity index (χ1) is 8.10. The summed E-state index contributed by atoms with van der Waals surface area (Å²) in [6.45, 7) is 4.12. The van der Waals surface area contributed by atoms with Crippen LogP contribution in [0.25, 0.3) is 11.3 Å². The van der Waals surface area contributed by atoms with E-state index < -0.39 is 0 Å². The molecule has 0 aliphatic heterocycles. The van der Waals surface area contributed by atoms with E-state index in [2.05, 4.69) is 47.3 Å². The highest BCUT2D eigenvalue weighted by molar-refractivity contribution is 5.67.